The molecule has 0 amide bonds. The molecule has 1 aliphatic heterocycles. The molecule has 0 aromatic heterocycles. The van der Waals surface area contributed by atoms with E-state index in [1.807, 2.05) is 0 Å². The Bertz CT molecular complexity index is 276. The monoisotopic (exact) mass is 308 g/mol. The van der Waals surface area contributed by atoms with E-state index in [-0.39, 0.29) is 0 Å². The molecule has 0 bridgehead atoms. The van der Waals surface area contributed by atoms with Crippen LogP contribution in [0.25, 0.3) is 0 Å². The van der Waals surface area contributed by atoms with Crippen LogP contribution < -0.4 is 0 Å². The van der Waals surface area contributed by atoms with Crippen molar-refractivity contribution in [1.82, 2.24) is 0 Å². The summed E-state index contributed by atoms with van der Waals surface area (Å²) in [6, 6.07) is 0. The maximum Gasteiger partial charge on any atom is 0.140 e. The van der Waals surface area contributed by atoms with E-state index < -0.39 is 36.0 Å². The van der Waals surface area contributed by atoms with Crippen molar-refractivity contribution in [3.8, 4) is 0 Å². The van der Waals surface area contributed by atoms with Crippen molar-refractivity contribution in [3.63, 3.8) is 0 Å². The lowest BCUT2D eigenvalue weighted by Crippen LogP contribution is -2.62. The molecule has 1 aliphatic rings. The molecule has 120 valence electrons. The van der Waals surface area contributed by atoms with Crippen molar-refractivity contribution in [2.75, 3.05) is 6.61 Å². The van der Waals surface area contributed by atoms with E-state index in [4.69, 9.17) is 9.84 Å². The number of hydrogen-bond donors (Lipinski definition) is 5. The van der Waals surface area contributed by atoms with Gasteiger partial charge in [0, 0.05) is 0 Å². The molecule has 20 heavy (non-hydrogen) atoms. The van der Waals surface area contributed by atoms with Crippen molar-refractivity contribution < 1.29 is 25.2 Å². The first-order valence-electron chi connectivity index (χ1n) is 7.51. The summed E-state index contributed by atoms with van der Waals surface area (Å²) in [5, 5.41) is 38.7. The molecule has 1 heterocycles. The molecule has 0 aromatic carbocycles. The van der Waals surface area contributed by atoms with Gasteiger partial charge in [0.25, 0.3) is 0 Å². The van der Waals surface area contributed by atoms with Gasteiger partial charge in [0.15, 0.2) is 0 Å². The van der Waals surface area contributed by atoms with Gasteiger partial charge in [-0.05, 0) is 12.8 Å². The van der Waals surface area contributed by atoms with Crippen molar-refractivity contribution in [3.05, 3.63) is 0 Å². The predicted octanol–water partition coefficient (Wildman–Crippen LogP) is 0.837. The first kappa shape index (κ1) is 18.2. The zero-order valence-electron chi connectivity index (χ0n) is 12.1. The fraction of sp³-hybridized carbons (Fsp3) is 1.00. The summed E-state index contributed by atoms with van der Waals surface area (Å²) in [5.41, 5.74) is 0. The zero-order valence-corrected chi connectivity index (χ0v) is 13.0. The third kappa shape index (κ3) is 4.58. The molecule has 0 spiro atoms. The Morgan fingerprint density at radius 1 is 1.00 bits per heavy atom. The quantitative estimate of drug-likeness (QED) is 0.339. The van der Waals surface area contributed by atoms with Crippen LogP contribution in [-0.4, -0.2) is 56.4 Å². The highest BCUT2D eigenvalue weighted by Gasteiger charge is 2.50. The van der Waals surface area contributed by atoms with Crippen LogP contribution in [0.5, 0.6) is 0 Å². The van der Waals surface area contributed by atoms with Crippen LogP contribution in [0.1, 0.15) is 51.9 Å². The van der Waals surface area contributed by atoms with Crippen molar-refractivity contribution in [2.24, 2.45) is 0 Å². The second kappa shape index (κ2) is 8.56. The second-order valence-electron chi connectivity index (χ2n) is 5.63. The van der Waals surface area contributed by atoms with E-state index in [9.17, 15) is 15.3 Å². The normalized spacial score (nSPS) is 38.1. The summed E-state index contributed by atoms with van der Waals surface area (Å²) in [6.45, 7) is 1.75. The largest absolute Gasteiger partial charge is 0.394 e. The average Bonchev–Trinajstić information content (AvgIpc) is 2.45. The van der Waals surface area contributed by atoms with Crippen LogP contribution in [0.3, 0.4) is 0 Å². The standard InChI is InChI=1S/C14H28O5S/c1-2-3-4-5-6-7-8-14(20)13(18)12(17)11(16)10(9-15)19-14/h10-13,15-18,20H,2-9H2,1H3/t10-,11-,12+,13-,14+/m1/s1. The van der Waals surface area contributed by atoms with E-state index >= 15 is 0 Å². The van der Waals surface area contributed by atoms with Crippen molar-refractivity contribution in [2.45, 2.75) is 81.2 Å². The van der Waals surface area contributed by atoms with E-state index in [1.54, 1.807) is 0 Å². The summed E-state index contributed by atoms with van der Waals surface area (Å²) in [5.74, 6) is 0. The topological polar surface area (TPSA) is 90.2 Å². The van der Waals surface area contributed by atoms with Crippen molar-refractivity contribution in [1.29, 1.82) is 0 Å². The van der Waals surface area contributed by atoms with Gasteiger partial charge in [-0.1, -0.05) is 39.0 Å². The number of unbranched alkanes of at least 4 members (excludes halogenated alkanes) is 5. The van der Waals surface area contributed by atoms with Gasteiger partial charge in [-0.2, -0.15) is 0 Å². The van der Waals surface area contributed by atoms with Gasteiger partial charge in [-0.25, -0.2) is 0 Å². The Labute approximate surface area is 126 Å². The minimum atomic E-state index is -1.35. The molecular formula is C14H28O5S. The molecule has 6 heteroatoms. The minimum Gasteiger partial charge on any atom is -0.394 e. The highest BCUT2D eigenvalue weighted by Crippen LogP contribution is 2.37. The SMILES string of the molecule is CCCCCCCC[C@@]1(S)O[C@H](CO)[C@@H](O)[C@H](O)[C@H]1O. The van der Waals surface area contributed by atoms with Gasteiger partial charge in [-0.15, -0.1) is 12.6 Å². The lowest BCUT2D eigenvalue weighted by Gasteiger charge is -2.46. The van der Waals surface area contributed by atoms with Gasteiger partial charge < -0.3 is 25.2 Å². The minimum absolute atomic E-state index is 0.413. The summed E-state index contributed by atoms with van der Waals surface area (Å²) >= 11 is 4.35. The van der Waals surface area contributed by atoms with Gasteiger partial charge in [0.05, 0.1) is 6.61 Å². The van der Waals surface area contributed by atoms with Gasteiger partial charge in [0.1, 0.15) is 29.3 Å². The first-order valence-corrected chi connectivity index (χ1v) is 7.96. The molecule has 0 aliphatic carbocycles. The van der Waals surface area contributed by atoms with Gasteiger partial charge in [0.2, 0.25) is 0 Å². The first-order chi connectivity index (χ1) is 9.46. The maximum absolute atomic E-state index is 10.0. The Morgan fingerprint density at radius 2 is 1.60 bits per heavy atom. The molecule has 5 nitrogen and oxygen atoms in total. The van der Waals surface area contributed by atoms with Crippen LogP contribution in [0.2, 0.25) is 0 Å². The zero-order chi connectivity index (χ0) is 15.2. The van der Waals surface area contributed by atoms with E-state index in [1.165, 1.54) is 19.3 Å². The number of aliphatic hydroxyl groups is 4. The van der Waals surface area contributed by atoms with Crippen LogP contribution >= 0.6 is 12.6 Å². The fourth-order valence-corrected chi connectivity index (χ4v) is 3.03. The Hall–Kier alpha value is 0.150. The Kier molecular flexibility index (Phi) is 7.79. The van der Waals surface area contributed by atoms with E-state index in [0.29, 0.717) is 6.42 Å². The molecule has 0 radical (unpaired) electrons. The van der Waals surface area contributed by atoms with Crippen LogP contribution in [0.15, 0.2) is 0 Å². The molecule has 0 aromatic rings. The molecule has 1 fully saturated rings. The average molecular weight is 308 g/mol. The highest BCUT2D eigenvalue weighted by atomic mass is 32.1. The number of rotatable bonds is 8. The van der Waals surface area contributed by atoms with Crippen molar-refractivity contribution >= 4 is 12.6 Å². The predicted molar refractivity (Wildman–Crippen MR) is 79.7 cm³/mol. The van der Waals surface area contributed by atoms with E-state index in [0.717, 1.165) is 19.3 Å². The molecule has 5 atom stereocenters. The Balaban J connectivity index is 2.44. The number of thiol groups is 1. The van der Waals surface area contributed by atoms with Crippen LogP contribution in [0, 0.1) is 0 Å². The summed E-state index contributed by atoms with van der Waals surface area (Å²) in [7, 11) is 0. The number of aliphatic hydroxyl groups excluding tert-OH is 4. The summed E-state index contributed by atoms with van der Waals surface area (Å²) < 4.78 is 5.50. The maximum atomic E-state index is 10.0. The van der Waals surface area contributed by atoms with Crippen LogP contribution in [-0.2, 0) is 4.74 Å². The molecule has 1 saturated heterocycles. The fourth-order valence-electron chi connectivity index (χ4n) is 2.59. The molecule has 0 unspecified atom stereocenters. The molecule has 0 saturated carbocycles. The van der Waals surface area contributed by atoms with Gasteiger partial charge >= 0.3 is 0 Å². The van der Waals surface area contributed by atoms with Gasteiger partial charge in [-0.3, -0.25) is 0 Å². The summed E-state index contributed by atoms with van der Waals surface area (Å²) in [6.07, 6.45) is 2.24. The lowest BCUT2D eigenvalue weighted by molar-refractivity contribution is -0.243. The third-order valence-corrected chi connectivity index (χ3v) is 4.53. The second-order valence-corrected chi connectivity index (χ2v) is 6.38. The molecule has 4 N–H and O–H groups in total. The Morgan fingerprint density at radius 3 is 2.20 bits per heavy atom. The number of ether oxygens (including phenoxy) is 1. The van der Waals surface area contributed by atoms with Crippen LogP contribution in [0.4, 0.5) is 0 Å². The molecular weight excluding hydrogens is 280 g/mol. The highest BCUT2D eigenvalue weighted by molar-refractivity contribution is 7.81. The lowest BCUT2D eigenvalue weighted by atomic mass is 9.91. The summed E-state index contributed by atoms with van der Waals surface area (Å²) in [4.78, 5) is -1.21. The smallest absolute Gasteiger partial charge is 0.140 e. The number of hydrogen-bond acceptors (Lipinski definition) is 6. The third-order valence-electron chi connectivity index (χ3n) is 3.94. The van der Waals surface area contributed by atoms with E-state index in [2.05, 4.69) is 19.6 Å². The molecule has 1 rings (SSSR count).